The molecule has 0 spiro atoms. The molecule has 0 radical (unpaired) electrons. The van der Waals surface area contributed by atoms with Crippen molar-refractivity contribution in [3.05, 3.63) is 35.1 Å². The molecule has 0 aromatic heterocycles. The first-order chi connectivity index (χ1) is 10.6. The lowest BCUT2D eigenvalue weighted by Crippen LogP contribution is -2.49. The lowest BCUT2D eigenvalue weighted by molar-refractivity contribution is 0.0763. The summed E-state index contributed by atoms with van der Waals surface area (Å²) in [5.41, 5.74) is -0.664. The largest absolute Gasteiger partial charge is 0.337 e. The van der Waals surface area contributed by atoms with E-state index in [1.807, 2.05) is 0 Å². The van der Waals surface area contributed by atoms with Gasteiger partial charge in [0.1, 0.15) is 23.0 Å². The number of amides is 1. The predicted molar refractivity (Wildman–Crippen MR) is 75.1 cm³/mol. The summed E-state index contributed by atoms with van der Waals surface area (Å²) < 4.78 is 40.4. The maximum atomic E-state index is 13.7. The first kappa shape index (κ1) is 15.3. The van der Waals surface area contributed by atoms with Crippen molar-refractivity contribution in [3.8, 4) is 0 Å². The van der Waals surface area contributed by atoms with Crippen molar-refractivity contribution in [2.24, 2.45) is 0 Å². The van der Waals surface area contributed by atoms with Crippen LogP contribution in [0.3, 0.4) is 0 Å². The van der Waals surface area contributed by atoms with E-state index in [9.17, 15) is 18.0 Å². The normalized spacial score (nSPS) is 23.0. The van der Waals surface area contributed by atoms with E-state index in [2.05, 4.69) is 10.2 Å². The van der Waals surface area contributed by atoms with Crippen LogP contribution in [0.1, 0.15) is 16.8 Å². The van der Waals surface area contributed by atoms with Gasteiger partial charge in [-0.2, -0.15) is 0 Å². The Bertz CT molecular complexity index is 552. The second kappa shape index (κ2) is 6.26. The third kappa shape index (κ3) is 2.96. The lowest BCUT2D eigenvalue weighted by atomic mass is 10.1. The van der Waals surface area contributed by atoms with Crippen molar-refractivity contribution in [1.29, 1.82) is 0 Å². The first-order valence-corrected chi connectivity index (χ1v) is 7.45. The summed E-state index contributed by atoms with van der Waals surface area (Å²) in [5, 5.41) is 3.26. The summed E-state index contributed by atoms with van der Waals surface area (Å²) in [6, 6.07) is 1.30. The number of nitrogens with one attached hydrogen (secondary N) is 1. The van der Waals surface area contributed by atoms with Gasteiger partial charge in [0.05, 0.1) is 0 Å². The molecule has 1 amide bonds. The van der Waals surface area contributed by atoms with Crippen LogP contribution in [-0.4, -0.2) is 61.0 Å². The fourth-order valence-corrected chi connectivity index (χ4v) is 3.18. The molecule has 22 heavy (non-hydrogen) atoms. The van der Waals surface area contributed by atoms with Crippen molar-refractivity contribution in [2.75, 3.05) is 39.3 Å². The van der Waals surface area contributed by atoms with Gasteiger partial charge >= 0.3 is 0 Å². The molecule has 4 nitrogen and oxygen atoms in total. The predicted octanol–water partition coefficient (Wildman–Crippen LogP) is 1.22. The minimum Gasteiger partial charge on any atom is -0.337 e. The average Bonchev–Trinajstić information content (AvgIpc) is 2.97. The summed E-state index contributed by atoms with van der Waals surface area (Å²) in [5.74, 6) is -4.01. The number of benzene rings is 1. The van der Waals surface area contributed by atoms with Crippen LogP contribution in [0.5, 0.6) is 0 Å². The molecular weight excluding hydrogens is 295 g/mol. The van der Waals surface area contributed by atoms with Crippen LogP contribution < -0.4 is 5.32 Å². The molecule has 120 valence electrons. The van der Waals surface area contributed by atoms with Crippen molar-refractivity contribution in [3.63, 3.8) is 0 Å². The number of hydrogen-bond donors (Lipinski definition) is 1. The van der Waals surface area contributed by atoms with Gasteiger partial charge in [-0.25, -0.2) is 13.2 Å². The molecule has 7 heteroatoms. The third-order valence-corrected chi connectivity index (χ3v) is 4.34. The molecule has 1 atom stereocenters. The van der Waals surface area contributed by atoms with Gasteiger partial charge in [0.25, 0.3) is 5.91 Å². The second-order valence-electron chi connectivity index (χ2n) is 5.72. The summed E-state index contributed by atoms with van der Waals surface area (Å²) in [6.45, 7) is 4.55. The Morgan fingerprint density at radius 2 is 1.73 bits per heavy atom. The number of carbonyl (C=O) groups is 1. The van der Waals surface area contributed by atoms with Crippen molar-refractivity contribution < 1.29 is 18.0 Å². The van der Waals surface area contributed by atoms with Crippen molar-refractivity contribution in [1.82, 2.24) is 15.1 Å². The standard InChI is InChI=1S/C15H18F3N3O/c16-10-7-12(17)14(13(18)8-10)15(22)21-4-1-11(9-21)20-5-2-19-3-6-20/h7-8,11,19H,1-6,9H2. The Balaban J connectivity index is 1.71. The van der Waals surface area contributed by atoms with Crippen LogP contribution in [0.4, 0.5) is 13.2 Å². The molecule has 0 aliphatic carbocycles. The summed E-state index contributed by atoms with van der Waals surface area (Å²) in [4.78, 5) is 16.1. The number of nitrogens with zero attached hydrogens (tertiary/aromatic N) is 2. The molecule has 2 fully saturated rings. The van der Waals surface area contributed by atoms with Gasteiger partial charge in [-0.05, 0) is 6.42 Å². The maximum Gasteiger partial charge on any atom is 0.259 e. The van der Waals surface area contributed by atoms with E-state index < -0.39 is 28.9 Å². The minimum absolute atomic E-state index is 0.220. The Kier molecular flexibility index (Phi) is 4.35. The Morgan fingerprint density at radius 3 is 2.36 bits per heavy atom. The number of likely N-dealkylation sites (tertiary alicyclic amines) is 1. The van der Waals surface area contributed by atoms with E-state index in [-0.39, 0.29) is 6.04 Å². The third-order valence-electron chi connectivity index (χ3n) is 4.34. The molecule has 2 aliphatic rings. The van der Waals surface area contributed by atoms with E-state index in [1.165, 1.54) is 4.90 Å². The highest BCUT2D eigenvalue weighted by atomic mass is 19.1. The zero-order valence-electron chi connectivity index (χ0n) is 12.1. The van der Waals surface area contributed by atoms with Gasteiger partial charge in [-0.1, -0.05) is 0 Å². The number of hydrogen-bond acceptors (Lipinski definition) is 3. The van der Waals surface area contributed by atoms with E-state index >= 15 is 0 Å². The molecular formula is C15H18F3N3O. The molecule has 1 unspecified atom stereocenters. The first-order valence-electron chi connectivity index (χ1n) is 7.45. The zero-order valence-corrected chi connectivity index (χ0v) is 12.1. The molecule has 2 aliphatic heterocycles. The van der Waals surface area contributed by atoms with Gasteiger partial charge < -0.3 is 10.2 Å². The van der Waals surface area contributed by atoms with Gasteiger partial charge in [0.15, 0.2) is 0 Å². The van der Waals surface area contributed by atoms with Crippen LogP contribution in [0.2, 0.25) is 0 Å². The zero-order chi connectivity index (χ0) is 15.7. The van der Waals surface area contributed by atoms with E-state index in [1.54, 1.807) is 0 Å². The average molecular weight is 313 g/mol. The second-order valence-corrected chi connectivity index (χ2v) is 5.72. The monoisotopic (exact) mass is 313 g/mol. The summed E-state index contributed by atoms with van der Waals surface area (Å²) in [7, 11) is 0. The van der Waals surface area contributed by atoms with E-state index in [4.69, 9.17) is 0 Å². The fourth-order valence-electron chi connectivity index (χ4n) is 3.18. The highest BCUT2D eigenvalue weighted by molar-refractivity contribution is 5.95. The number of carbonyl (C=O) groups excluding carboxylic acids is 1. The van der Waals surface area contributed by atoms with E-state index in [0.29, 0.717) is 25.2 Å². The van der Waals surface area contributed by atoms with E-state index in [0.717, 1.165) is 32.6 Å². The summed E-state index contributed by atoms with van der Waals surface area (Å²) >= 11 is 0. The molecule has 0 bridgehead atoms. The lowest BCUT2D eigenvalue weighted by Gasteiger charge is -2.32. The molecule has 2 heterocycles. The van der Waals surface area contributed by atoms with Crippen molar-refractivity contribution >= 4 is 5.91 Å². The topological polar surface area (TPSA) is 35.6 Å². The summed E-state index contributed by atoms with van der Waals surface area (Å²) in [6.07, 6.45) is 0.788. The molecule has 0 saturated carbocycles. The van der Waals surface area contributed by atoms with Crippen LogP contribution >= 0.6 is 0 Å². The van der Waals surface area contributed by atoms with Gasteiger partial charge in [-0.3, -0.25) is 9.69 Å². The Labute approximate surface area is 126 Å². The van der Waals surface area contributed by atoms with Crippen LogP contribution in [0.15, 0.2) is 12.1 Å². The maximum absolute atomic E-state index is 13.7. The molecule has 2 saturated heterocycles. The quantitative estimate of drug-likeness (QED) is 0.892. The van der Waals surface area contributed by atoms with Crippen LogP contribution in [0.25, 0.3) is 0 Å². The van der Waals surface area contributed by atoms with Crippen molar-refractivity contribution in [2.45, 2.75) is 12.5 Å². The van der Waals surface area contributed by atoms with Gasteiger partial charge in [0.2, 0.25) is 0 Å². The Morgan fingerprint density at radius 1 is 1.09 bits per heavy atom. The Hall–Kier alpha value is -1.60. The SMILES string of the molecule is O=C(c1c(F)cc(F)cc1F)N1CCC(N2CCNCC2)C1. The number of rotatable bonds is 2. The molecule has 1 aromatic carbocycles. The number of halogens is 3. The fraction of sp³-hybridized carbons (Fsp3) is 0.533. The number of piperazine rings is 1. The molecule has 1 aromatic rings. The minimum atomic E-state index is -1.15. The molecule has 1 N–H and O–H groups in total. The van der Waals surface area contributed by atoms with Gasteiger partial charge in [0, 0.05) is 57.4 Å². The van der Waals surface area contributed by atoms with Crippen LogP contribution in [-0.2, 0) is 0 Å². The molecule has 3 rings (SSSR count). The highest BCUT2D eigenvalue weighted by Gasteiger charge is 2.33. The van der Waals surface area contributed by atoms with Crippen LogP contribution in [0, 0.1) is 17.5 Å². The smallest absolute Gasteiger partial charge is 0.259 e. The highest BCUT2D eigenvalue weighted by Crippen LogP contribution is 2.22. The van der Waals surface area contributed by atoms with Gasteiger partial charge in [-0.15, -0.1) is 0 Å².